The van der Waals surface area contributed by atoms with Gasteiger partial charge in [-0.15, -0.1) is 11.3 Å². The number of thiophene rings is 1. The molecule has 0 bridgehead atoms. The quantitative estimate of drug-likeness (QED) is 0.932. The molecule has 0 atom stereocenters. The van der Waals surface area contributed by atoms with Gasteiger partial charge in [-0.25, -0.2) is 0 Å². The van der Waals surface area contributed by atoms with Crippen LogP contribution in [0.5, 0.6) is 0 Å². The Kier molecular flexibility index (Phi) is 3.71. The molecule has 3 nitrogen and oxygen atoms in total. The second-order valence-corrected chi connectivity index (χ2v) is 5.56. The van der Waals surface area contributed by atoms with E-state index < -0.39 is 0 Å². The topological polar surface area (TPSA) is 37.8 Å². The minimum Gasteiger partial charge on any atom is -0.360 e. The smallest absolute Gasteiger partial charge is 0.202 e. The maximum Gasteiger partial charge on any atom is 0.202 e. The summed E-state index contributed by atoms with van der Waals surface area (Å²) in [4.78, 5) is 5.52. The summed E-state index contributed by atoms with van der Waals surface area (Å²) < 4.78 is 5.39. The first-order chi connectivity index (χ1) is 7.29. The van der Waals surface area contributed by atoms with Crippen LogP contribution in [-0.4, -0.2) is 15.9 Å². The highest BCUT2D eigenvalue weighted by molar-refractivity contribution is 9.10. The molecular weight excluding hydrogens is 294 g/mol. The van der Waals surface area contributed by atoms with Gasteiger partial charge in [-0.3, -0.25) is 0 Å². The molecule has 0 aliphatic heterocycles. The van der Waals surface area contributed by atoms with Gasteiger partial charge in [0.15, 0.2) is 5.82 Å². The summed E-state index contributed by atoms with van der Waals surface area (Å²) in [6, 6.07) is 2.04. The standard InChI is InChI=1S/C9H10BrN3S2/c1-2-3-11-9-12-8(13-15-9)7-4-6(10)5-14-7/h4-5H,2-3H2,1H3,(H,11,12,13). The van der Waals surface area contributed by atoms with Crippen LogP contribution >= 0.6 is 38.8 Å². The second kappa shape index (κ2) is 5.05. The summed E-state index contributed by atoms with van der Waals surface area (Å²) in [5.41, 5.74) is 0. The summed E-state index contributed by atoms with van der Waals surface area (Å²) >= 11 is 6.48. The number of nitrogens with zero attached hydrogens (tertiary/aromatic N) is 2. The Morgan fingerprint density at radius 3 is 3.07 bits per heavy atom. The van der Waals surface area contributed by atoms with Gasteiger partial charge in [0, 0.05) is 27.9 Å². The molecule has 2 rings (SSSR count). The van der Waals surface area contributed by atoms with Crippen molar-refractivity contribution in [2.75, 3.05) is 11.9 Å². The molecule has 15 heavy (non-hydrogen) atoms. The maximum atomic E-state index is 4.42. The first-order valence-electron chi connectivity index (χ1n) is 4.61. The summed E-state index contributed by atoms with van der Waals surface area (Å²) in [6.45, 7) is 3.08. The van der Waals surface area contributed by atoms with Crippen LogP contribution in [0.3, 0.4) is 0 Å². The number of halogens is 1. The fourth-order valence-corrected chi connectivity index (χ4v) is 3.08. The predicted octanol–water partition coefficient (Wildman–Crippen LogP) is 3.85. The van der Waals surface area contributed by atoms with Gasteiger partial charge in [-0.05, 0) is 28.4 Å². The Hall–Kier alpha value is -0.460. The monoisotopic (exact) mass is 303 g/mol. The number of hydrogen-bond donors (Lipinski definition) is 1. The van der Waals surface area contributed by atoms with Crippen LogP contribution in [0.4, 0.5) is 5.13 Å². The third kappa shape index (κ3) is 2.76. The van der Waals surface area contributed by atoms with E-state index in [0.717, 1.165) is 33.3 Å². The fourth-order valence-electron chi connectivity index (χ4n) is 1.06. The van der Waals surface area contributed by atoms with Gasteiger partial charge < -0.3 is 5.32 Å². The van der Waals surface area contributed by atoms with Crippen molar-refractivity contribution in [1.82, 2.24) is 9.36 Å². The van der Waals surface area contributed by atoms with E-state index in [2.05, 4.69) is 37.5 Å². The molecule has 0 aromatic carbocycles. The lowest BCUT2D eigenvalue weighted by molar-refractivity contribution is 0.976. The Morgan fingerprint density at radius 2 is 2.40 bits per heavy atom. The Morgan fingerprint density at radius 1 is 1.53 bits per heavy atom. The molecule has 0 amide bonds. The van der Waals surface area contributed by atoms with Crippen molar-refractivity contribution in [3.63, 3.8) is 0 Å². The molecule has 2 heterocycles. The van der Waals surface area contributed by atoms with Gasteiger partial charge in [-0.2, -0.15) is 9.36 Å². The molecule has 0 spiro atoms. The van der Waals surface area contributed by atoms with Gasteiger partial charge in [0.2, 0.25) is 5.13 Å². The average molecular weight is 304 g/mol. The van der Waals surface area contributed by atoms with Crippen molar-refractivity contribution in [3.8, 4) is 10.7 Å². The van der Waals surface area contributed by atoms with Crippen LogP contribution in [0.1, 0.15) is 13.3 Å². The zero-order valence-corrected chi connectivity index (χ0v) is 11.4. The largest absolute Gasteiger partial charge is 0.360 e. The Labute approximate surface area is 105 Å². The first kappa shape index (κ1) is 11.0. The lowest BCUT2D eigenvalue weighted by Gasteiger charge is -1.95. The number of hydrogen-bond acceptors (Lipinski definition) is 5. The number of anilines is 1. The summed E-state index contributed by atoms with van der Waals surface area (Å²) in [6.07, 6.45) is 1.10. The van der Waals surface area contributed by atoms with Crippen LogP contribution in [0.25, 0.3) is 10.7 Å². The lowest BCUT2D eigenvalue weighted by atomic mass is 10.4. The van der Waals surface area contributed by atoms with Crippen LogP contribution in [0, 0.1) is 0 Å². The first-order valence-corrected chi connectivity index (χ1v) is 7.06. The van der Waals surface area contributed by atoms with E-state index in [9.17, 15) is 0 Å². The molecule has 1 N–H and O–H groups in total. The van der Waals surface area contributed by atoms with Gasteiger partial charge >= 0.3 is 0 Å². The van der Waals surface area contributed by atoms with Crippen molar-refractivity contribution in [3.05, 3.63) is 15.9 Å². The third-order valence-electron chi connectivity index (χ3n) is 1.74. The van der Waals surface area contributed by atoms with Gasteiger partial charge in [0.25, 0.3) is 0 Å². The molecule has 0 radical (unpaired) electrons. The summed E-state index contributed by atoms with van der Waals surface area (Å²) in [5, 5.41) is 6.17. The summed E-state index contributed by atoms with van der Waals surface area (Å²) in [7, 11) is 0. The third-order valence-corrected chi connectivity index (χ3v) is 4.10. The fraction of sp³-hybridized carbons (Fsp3) is 0.333. The molecule has 0 saturated heterocycles. The highest BCUT2D eigenvalue weighted by Crippen LogP contribution is 2.29. The molecule has 0 aliphatic rings. The zero-order chi connectivity index (χ0) is 10.7. The second-order valence-electron chi connectivity index (χ2n) is 2.98. The molecule has 0 aliphatic carbocycles. The predicted molar refractivity (Wildman–Crippen MR) is 69.7 cm³/mol. The highest BCUT2D eigenvalue weighted by atomic mass is 79.9. The van der Waals surface area contributed by atoms with Crippen molar-refractivity contribution in [1.29, 1.82) is 0 Å². The highest BCUT2D eigenvalue weighted by Gasteiger charge is 2.07. The van der Waals surface area contributed by atoms with Gasteiger partial charge in [0.1, 0.15) is 0 Å². The van der Waals surface area contributed by atoms with E-state index in [1.54, 1.807) is 11.3 Å². The minimum atomic E-state index is 0.814. The molecular formula is C9H10BrN3S2. The van der Waals surface area contributed by atoms with E-state index in [0.29, 0.717) is 0 Å². The summed E-state index contributed by atoms with van der Waals surface area (Å²) in [5.74, 6) is 0.814. The number of rotatable bonds is 4. The number of nitrogens with one attached hydrogen (secondary N) is 1. The molecule has 80 valence electrons. The van der Waals surface area contributed by atoms with Crippen LogP contribution in [-0.2, 0) is 0 Å². The van der Waals surface area contributed by atoms with E-state index >= 15 is 0 Å². The Balaban J connectivity index is 2.13. The Bertz CT molecular complexity index is 438. The van der Waals surface area contributed by atoms with Crippen LogP contribution in [0.2, 0.25) is 0 Å². The molecule has 0 saturated carbocycles. The van der Waals surface area contributed by atoms with Crippen molar-refractivity contribution >= 4 is 43.9 Å². The van der Waals surface area contributed by atoms with Crippen molar-refractivity contribution in [2.24, 2.45) is 0 Å². The normalized spacial score (nSPS) is 10.5. The van der Waals surface area contributed by atoms with Crippen molar-refractivity contribution in [2.45, 2.75) is 13.3 Å². The van der Waals surface area contributed by atoms with Gasteiger partial charge in [0.05, 0.1) is 4.88 Å². The van der Waals surface area contributed by atoms with Crippen LogP contribution < -0.4 is 5.32 Å². The van der Waals surface area contributed by atoms with E-state index in [4.69, 9.17) is 0 Å². The van der Waals surface area contributed by atoms with Gasteiger partial charge in [-0.1, -0.05) is 6.92 Å². The average Bonchev–Trinajstić information content (AvgIpc) is 2.83. The maximum absolute atomic E-state index is 4.42. The molecule has 0 fully saturated rings. The van der Waals surface area contributed by atoms with Crippen LogP contribution in [0.15, 0.2) is 15.9 Å². The van der Waals surface area contributed by atoms with E-state index in [1.165, 1.54) is 11.5 Å². The minimum absolute atomic E-state index is 0.814. The molecule has 2 aromatic heterocycles. The molecule has 2 aromatic rings. The molecule has 6 heteroatoms. The van der Waals surface area contributed by atoms with E-state index in [-0.39, 0.29) is 0 Å². The molecule has 0 unspecified atom stereocenters. The van der Waals surface area contributed by atoms with Crippen molar-refractivity contribution < 1.29 is 0 Å². The zero-order valence-electron chi connectivity index (χ0n) is 8.16. The lowest BCUT2D eigenvalue weighted by Crippen LogP contribution is -1.98. The number of aromatic nitrogens is 2. The van der Waals surface area contributed by atoms with E-state index in [1.807, 2.05) is 11.4 Å². The SMILES string of the molecule is CCCNc1nc(-c2cc(Br)cs2)ns1.